The molecule has 0 saturated heterocycles. The van der Waals surface area contributed by atoms with Crippen LogP contribution in [0.4, 0.5) is 5.69 Å². The Balaban J connectivity index is 0.000000114. The first-order valence-corrected chi connectivity index (χ1v) is 18.1. The fraction of sp³-hybridized carbons (Fsp3) is 0.419. The number of hydrogen-bond donors (Lipinski definition) is 0. The SMILES string of the molecule is CC(C)c1ccc2c3c(cccc13)CCO2.CC(C)c1ccc2c3c(ccnc13)CCO2.CC(C)c1ccc2c3c1CCCN3CCO2. The summed E-state index contributed by atoms with van der Waals surface area (Å²) in [5.74, 6) is 4.83. The van der Waals surface area contributed by atoms with Crippen LogP contribution in [0.3, 0.4) is 0 Å². The van der Waals surface area contributed by atoms with E-state index >= 15 is 0 Å². The molecule has 5 aromatic rings. The molecule has 4 aliphatic heterocycles. The van der Waals surface area contributed by atoms with E-state index in [1.165, 1.54) is 69.0 Å². The monoisotopic (exact) mass is 642 g/mol. The Kier molecular flexibility index (Phi) is 9.22. The highest BCUT2D eigenvalue weighted by atomic mass is 16.5. The molecule has 5 heterocycles. The molecule has 1 aromatic heterocycles. The lowest BCUT2D eigenvalue weighted by Gasteiger charge is -2.37. The molecule has 5 heteroatoms. The Morgan fingerprint density at radius 1 is 0.583 bits per heavy atom. The predicted molar refractivity (Wildman–Crippen MR) is 199 cm³/mol. The van der Waals surface area contributed by atoms with Crippen molar-refractivity contribution >= 4 is 27.4 Å². The Bertz CT molecular complexity index is 1820. The van der Waals surface area contributed by atoms with E-state index in [0.29, 0.717) is 17.8 Å². The van der Waals surface area contributed by atoms with Crippen LogP contribution in [0.1, 0.15) is 99.1 Å². The normalized spacial score (nSPS) is 15.6. The maximum Gasteiger partial charge on any atom is 0.142 e. The van der Waals surface area contributed by atoms with Gasteiger partial charge in [-0.15, -0.1) is 0 Å². The van der Waals surface area contributed by atoms with Gasteiger partial charge in [0.15, 0.2) is 0 Å². The molecular weight excluding hydrogens is 592 g/mol. The summed E-state index contributed by atoms with van der Waals surface area (Å²) in [6.45, 7) is 18.1. The Morgan fingerprint density at radius 2 is 1.21 bits per heavy atom. The molecule has 0 spiro atoms. The first-order chi connectivity index (χ1) is 23.3. The molecule has 4 aromatic carbocycles. The molecule has 0 amide bonds. The van der Waals surface area contributed by atoms with Gasteiger partial charge in [-0.2, -0.15) is 0 Å². The van der Waals surface area contributed by atoms with Crippen LogP contribution in [0, 0.1) is 0 Å². The number of aromatic nitrogens is 1. The van der Waals surface area contributed by atoms with E-state index in [0.717, 1.165) is 62.0 Å². The van der Waals surface area contributed by atoms with Gasteiger partial charge in [-0.25, -0.2) is 0 Å². The van der Waals surface area contributed by atoms with Crippen molar-refractivity contribution < 1.29 is 14.2 Å². The molecule has 250 valence electrons. The van der Waals surface area contributed by atoms with Gasteiger partial charge >= 0.3 is 0 Å². The zero-order valence-corrected chi connectivity index (χ0v) is 29.6. The smallest absolute Gasteiger partial charge is 0.142 e. The summed E-state index contributed by atoms with van der Waals surface area (Å²) in [5.41, 5.74) is 11.1. The molecule has 0 saturated carbocycles. The van der Waals surface area contributed by atoms with Crippen molar-refractivity contribution in [2.45, 2.75) is 85.0 Å². The molecule has 0 N–H and O–H groups in total. The second-order valence-corrected chi connectivity index (χ2v) is 14.4. The maximum atomic E-state index is 5.76. The van der Waals surface area contributed by atoms with E-state index in [2.05, 4.69) is 112 Å². The van der Waals surface area contributed by atoms with Crippen molar-refractivity contribution in [2.75, 3.05) is 37.8 Å². The fourth-order valence-corrected chi connectivity index (χ4v) is 7.91. The van der Waals surface area contributed by atoms with Crippen molar-refractivity contribution in [3.63, 3.8) is 0 Å². The van der Waals surface area contributed by atoms with Crippen molar-refractivity contribution in [3.8, 4) is 17.2 Å². The number of anilines is 1. The zero-order chi connectivity index (χ0) is 33.4. The Labute approximate surface area is 286 Å². The quantitative estimate of drug-likeness (QED) is 0.196. The van der Waals surface area contributed by atoms with Gasteiger partial charge in [0.2, 0.25) is 0 Å². The van der Waals surface area contributed by atoms with Crippen LogP contribution in [-0.2, 0) is 19.3 Å². The lowest BCUT2D eigenvalue weighted by Crippen LogP contribution is -2.37. The summed E-state index contributed by atoms with van der Waals surface area (Å²) in [6, 6.07) is 21.7. The van der Waals surface area contributed by atoms with E-state index in [1.807, 2.05) is 6.20 Å². The van der Waals surface area contributed by atoms with Crippen LogP contribution in [0.5, 0.6) is 17.2 Å². The molecule has 48 heavy (non-hydrogen) atoms. The highest BCUT2D eigenvalue weighted by Crippen LogP contribution is 2.42. The molecule has 0 fully saturated rings. The third-order valence-corrected chi connectivity index (χ3v) is 10.3. The van der Waals surface area contributed by atoms with Gasteiger partial charge in [0.25, 0.3) is 0 Å². The summed E-state index contributed by atoms with van der Waals surface area (Å²) >= 11 is 0. The molecule has 0 atom stereocenters. The van der Waals surface area contributed by atoms with E-state index in [1.54, 1.807) is 5.56 Å². The number of nitrogens with zero attached hydrogens (tertiary/aromatic N) is 2. The van der Waals surface area contributed by atoms with Gasteiger partial charge in [0, 0.05) is 36.4 Å². The van der Waals surface area contributed by atoms with Gasteiger partial charge in [-0.1, -0.05) is 77.9 Å². The van der Waals surface area contributed by atoms with Gasteiger partial charge in [0.1, 0.15) is 23.9 Å². The van der Waals surface area contributed by atoms with Crippen LogP contribution in [-0.4, -0.2) is 37.9 Å². The van der Waals surface area contributed by atoms with E-state index < -0.39 is 0 Å². The minimum Gasteiger partial charge on any atom is -0.493 e. The molecule has 0 aliphatic carbocycles. The summed E-state index contributed by atoms with van der Waals surface area (Å²) in [6.07, 6.45) is 6.45. The largest absolute Gasteiger partial charge is 0.493 e. The van der Waals surface area contributed by atoms with E-state index in [-0.39, 0.29) is 0 Å². The molecule has 4 aliphatic rings. The van der Waals surface area contributed by atoms with Crippen LogP contribution >= 0.6 is 0 Å². The molecule has 9 rings (SSSR count). The van der Waals surface area contributed by atoms with E-state index in [4.69, 9.17) is 14.2 Å². The first kappa shape index (κ1) is 32.3. The maximum absolute atomic E-state index is 5.76. The average Bonchev–Trinajstić information content (AvgIpc) is 3.10. The highest BCUT2D eigenvalue weighted by Gasteiger charge is 2.27. The second kappa shape index (κ2) is 13.7. The first-order valence-electron chi connectivity index (χ1n) is 18.1. The van der Waals surface area contributed by atoms with Gasteiger partial charge in [-0.3, -0.25) is 4.98 Å². The number of rotatable bonds is 3. The summed E-state index contributed by atoms with van der Waals surface area (Å²) in [5, 5.41) is 3.92. The van der Waals surface area contributed by atoms with Gasteiger partial charge in [0.05, 0.1) is 31.0 Å². The third kappa shape index (κ3) is 6.08. The van der Waals surface area contributed by atoms with Crippen LogP contribution in [0.2, 0.25) is 0 Å². The number of pyridine rings is 1. The Hall–Kier alpha value is -4.25. The fourth-order valence-electron chi connectivity index (χ4n) is 7.91. The molecule has 5 nitrogen and oxygen atoms in total. The zero-order valence-electron chi connectivity index (χ0n) is 29.6. The minimum atomic E-state index is 0.499. The average molecular weight is 643 g/mol. The minimum absolute atomic E-state index is 0.499. The Morgan fingerprint density at radius 3 is 1.94 bits per heavy atom. The lowest BCUT2D eigenvalue weighted by molar-refractivity contribution is 0.304. The van der Waals surface area contributed by atoms with Crippen molar-refractivity contribution in [3.05, 3.63) is 100 Å². The lowest BCUT2D eigenvalue weighted by atomic mass is 9.89. The molecular formula is C43H50N2O3. The molecule has 0 bridgehead atoms. The number of hydrogen-bond acceptors (Lipinski definition) is 5. The second-order valence-electron chi connectivity index (χ2n) is 14.4. The molecule has 0 radical (unpaired) electrons. The van der Waals surface area contributed by atoms with Crippen LogP contribution in [0.25, 0.3) is 21.7 Å². The van der Waals surface area contributed by atoms with Crippen LogP contribution in [0.15, 0.2) is 66.9 Å². The topological polar surface area (TPSA) is 43.8 Å². The summed E-state index contributed by atoms with van der Waals surface area (Å²) < 4.78 is 17.2. The highest BCUT2D eigenvalue weighted by molar-refractivity contribution is 5.95. The number of ether oxygens (including phenoxy) is 3. The van der Waals surface area contributed by atoms with Crippen molar-refractivity contribution in [2.24, 2.45) is 0 Å². The van der Waals surface area contributed by atoms with Crippen molar-refractivity contribution in [1.29, 1.82) is 0 Å². The van der Waals surface area contributed by atoms with Crippen LogP contribution < -0.4 is 19.1 Å². The summed E-state index contributed by atoms with van der Waals surface area (Å²) in [4.78, 5) is 7.03. The predicted octanol–water partition coefficient (Wildman–Crippen LogP) is 10.1. The number of benzene rings is 4. The molecule has 0 unspecified atom stereocenters. The third-order valence-electron chi connectivity index (χ3n) is 10.3. The van der Waals surface area contributed by atoms with Gasteiger partial charge in [-0.05, 0) is 93.6 Å². The van der Waals surface area contributed by atoms with Crippen molar-refractivity contribution in [1.82, 2.24) is 4.98 Å². The van der Waals surface area contributed by atoms with E-state index in [9.17, 15) is 0 Å². The standard InChI is InChI=1S/C15H16O.C14H15NO.C14H19NO/c1-10(2)12-6-7-14-15-11(8-9-16-14)4-3-5-13(12)15;1-9(2)11-3-4-12-13-10(6-8-16-12)5-7-15-14(11)13;1-10(2)11-5-6-13-14-12(11)4-3-7-15(14)8-9-16-13/h3-7,10H,8-9H2,1-2H3;3-5,7,9H,6,8H2,1-2H3;5-6,10H,3-4,7-9H2,1-2H3. The summed E-state index contributed by atoms with van der Waals surface area (Å²) in [7, 11) is 0. The van der Waals surface area contributed by atoms with Gasteiger partial charge < -0.3 is 19.1 Å².